The highest BCUT2D eigenvalue weighted by atomic mass is 16.5. The normalized spacial score (nSPS) is 27.8. The first kappa shape index (κ1) is 20.6. The van der Waals surface area contributed by atoms with Crippen molar-refractivity contribution in [3.63, 3.8) is 0 Å². The monoisotopic (exact) mass is 389 g/mol. The molecule has 6 nitrogen and oxygen atoms in total. The van der Waals surface area contributed by atoms with Crippen molar-refractivity contribution in [2.75, 3.05) is 12.0 Å². The van der Waals surface area contributed by atoms with Crippen LogP contribution in [0.2, 0.25) is 0 Å². The number of hydrogen-bond donors (Lipinski definition) is 2. The van der Waals surface area contributed by atoms with Gasteiger partial charge in [0.15, 0.2) is 0 Å². The number of nitrogens with zero attached hydrogens (tertiary/aromatic N) is 1. The van der Waals surface area contributed by atoms with Crippen molar-refractivity contribution in [2.45, 2.75) is 70.4 Å². The van der Waals surface area contributed by atoms with E-state index in [-0.39, 0.29) is 35.3 Å². The number of methoxy groups -OCH3 is 1. The number of benzene rings is 1. The molecule has 2 saturated carbocycles. The maximum atomic E-state index is 13.6. The van der Waals surface area contributed by atoms with Crippen molar-refractivity contribution >= 4 is 17.6 Å². The Hall–Kier alpha value is -2.08. The molecule has 0 radical (unpaired) electrons. The van der Waals surface area contributed by atoms with Crippen molar-refractivity contribution < 1.29 is 24.5 Å². The van der Waals surface area contributed by atoms with Crippen LogP contribution in [0.1, 0.15) is 68.6 Å². The van der Waals surface area contributed by atoms with Gasteiger partial charge in [0.1, 0.15) is 5.75 Å². The molecule has 3 rings (SSSR count). The smallest absolute Gasteiger partial charge is 0.340 e. The fraction of sp³-hybridized carbons (Fsp3) is 0.636. The van der Waals surface area contributed by atoms with E-state index in [0.29, 0.717) is 37.3 Å². The molecule has 1 amide bonds. The number of aromatic hydroxyl groups is 1. The van der Waals surface area contributed by atoms with Crippen LogP contribution in [0.4, 0.5) is 5.69 Å². The van der Waals surface area contributed by atoms with E-state index in [1.165, 1.54) is 19.2 Å². The molecule has 0 unspecified atom stereocenters. The van der Waals surface area contributed by atoms with Crippen molar-refractivity contribution in [3.05, 3.63) is 23.8 Å². The zero-order chi connectivity index (χ0) is 20.3. The predicted molar refractivity (Wildman–Crippen MR) is 106 cm³/mol. The van der Waals surface area contributed by atoms with Gasteiger partial charge in [-0.2, -0.15) is 0 Å². The van der Waals surface area contributed by atoms with Gasteiger partial charge in [-0.1, -0.05) is 6.92 Å². The highest BCUT2D eigenvalue weighted by Gasteiger charge is 2.36. The van der Waals surface area contributed by atoms with E-state index in [1.54, 1.807) is 11.0 Å². The Morgan fingerprint density at radius 3 is 2.29 bits per heavy atom. The standard InChI is InChI=1S/C22H31NO5/c1-14-3-5-15(6-4-14)21(26)23(16-7-9-17(24)10-8-16)20-12-11-18(25)13-19(20)22(27)28-2/h11-17,24-25H,3-10H2,1-2H3/t14-,15-,16-,17-. The summed E-state index contributed by atoms with van der Waals surface area (Å²) in [6.07, 6.45) is 6.12. The number of aliphatic hydroxyl groups excluding tert-OH is 1. The Morgan fingerprint density at radius 2 is 1.68 bits per heavy atom. The molecule has 2 fully saturated rings. The predicted octanol–water partition coefficient (Wildman–Crippen LogP) is 3.64. The van der Waals surface area contributed by atoms with Crippen LogP contribution in [0.5, 0.6) is 5.75 Å². The molecule has 0 heterocycles. The van der Waals surface area contributed by atoms with E-state index >= 15 is 0 Å². The molecule has 154 valence electrons. The van der Waals surface area contributed by atoms with Gasteiger partial charge >= 0.3 is 5.97 Å². The summed E-state index contributed by atoms with van der Waals surface area (Å²) >= 11 is 0. The first-order valence-corrected chi connectivity index (χ1v) is 10.3. The van der Waals surface area contributed by atoms with Gasteiger partial charge < -0.3 is 19.8 Å². The van der Waals surface area contributed by atoms with E-state index in [4.69, 9.17) is 4.74 Å². The first-order chi connectivity index (χ1) is 13.4. The van der Waals surface area contributed by atoms with Crippen molar-refractivity contribution in [3.8, 4) is 5.75 Å². The van der Waals surface area contributed by atoms with Crippen LogP contribution in [0, 0.1) is 11.8 Å². The second kappa shape index (κ2) is 8.95. The van der Waals surface area contributed by atoms with Crippen LogP contribution in [-0.2, 0) is 9.53 Å². The summed E-state index contributed by atoms with van der Waals surface area (Å²) in [4.78, 5) is 27.7. The van der Waals surface area contributed by atoms with Gasteiger partial charge in [0, 0.05) is 12.0 Å². The Bertz CT molecular complexity index is 703. The zero-order valence-electron chi connectivity index (χ0n) is 16.8. The third-order valence-electron chi connectivity index (χ3n) is 6.28. The molecule has 0 saturated heterocycles. The number of amides is 1. The minimum Gasteiger partial charge on any atom is -0.508 e. The Balaban J connectivity index is 1.97. The molecule has 0 spiro atoms. The molecule has 2 aliphatic rings. The summed E-state index contributed by atoms with van der Waals surface area (Å²) in [5.41, 5.74) is 0.695. The minimum atomic E-state index is -0.572. The Kier molecular flexibility index (Phi) is 6.60. The Labute approximate surface area is 166 Å². The van der Waals surface area contributed by atoms with E-state index < -0.39 is 5.97 Å². The number of rotatable bonds is 4. The maximum Gasteiger partial charge on any atom is 0.340 e. The highest BCUT2D eigenvalue weighted by molar-refractivity contribution is 6.04. The molecule has 0 aliphatic heterocycles. The maximum absolute atomic E-state index is 13.6. The van der Waals surface area contributed by atoms with E-state index in [0.717, 1.165) is 25.7 Å². The molecule has 2 N–H and O–H groups in total. The van der Waals surface area contributed by atoms with Crippen LogP contribution in [0.15, 0.2) is 18.2 Å². The topological polar surface area (TPSA) is 87.1 Å². The quantitative estimate of drug-likeness (QED) is 0.768. The van der Waals surface area contributed by atoms with E-state index in [1.807, 2.05) is 0 Å². The lowest BCUT2D eigenvalue weighted by Gasteiger charge is -2.39. The summed E-state index contributed by atoms with van der Waals surface area (Å²) in [7, 11) is 1.29. The largest absolute Gasteiger partial charge is 0.508 e. The van der Waals surface area contributed by atoms with Gasteiger partial charge in [-0.15, -0.1) is 0 Å². The van der Waals surface area contributed by atoms with Crippen LogP contribution in [0.3, 0.4) is 0 Å². The van der Waals surface area contributed by atoms with Gasteiger partial charge in [0.25, 0.3) is 0 Å². The van der Waals surface area contributed by atoms with E-state index in [9.17, 15) is 19.8 Å². The lowest BCUT2D eigenvalue weighted by molar-refractivity contribution is -0.124. The molecule has 2 aliphatic carbocycles. The minimum absolute atomic E-state index is 0.0397. The number of esters is 1. The average molecular weight is 389 g/mol. The number of phenols is 1. The SMILES string of the molecule is COC(=O)c1cc(O)ccc1N(C(=O)[C@H]1CC[C@H](C)CC1)[C@H]1CC[C@H](O)CC1. The van der Waals surface area contributed by atoms with Crippen LogP contribution in [-0.4, -0.2) is 41.3 Å². The second-order valence-electron chi connectivity index (χ2n) is 8.32. The molecule has 28 heavy (non-hydrogen) atoms. The molecular weight excluding hydrogens is 358 g/mol. The fourth-order valence-corrected chi connectivity index (χ4v) is 4.52. The van der Waals surface area contributed by atoms with Crippen molar-refractivity contribution in [1.82, 2.24) is 0 Å². The van der Waals surface area contributed by atoms with Crippen LogP contribution in [0.25, 0.3) is 0 Å². The van der Waals surface area contributed by atoms with Gasteiger partial charge in [-0.3, -0.25) is 4.79 Å². The van der Waals surface area contributed by atoms with Gasteiger partial charge in [0.2, 0.25) is 5.91 Å². The number of ether oxygens (including phenoxy) is 1. The number of carbonyl (C=O) groups is 2. The third kappa shape index (κ3) is 4.49. The van der Waals surface area contributed by atoms with Gasteiger partial charge in [-0.05, 0) is 75.5 Å². The van der Waals surface area contributed by atoms with Gasteiger partial charge in [0.05, 0.1) is 24.5 Å². The van der Waals surface area contributed by atoms with Crippen molar-refractivity contribution in [2.24, 2.45) is 11.8 Å². The number of hydrogen-bond acceptors (Lipinski definition) is 5. The molecule has 1 aromatic carbocycles. The van der Waals surface area contributed by atoms with Crippen LogP contribution < -0.4 is 4.90 Å². The number of aliphatic hydroxyl groups is 1. The molecule has 1 aromatic rings. The zero-order valence-corrected chi connectivity index (χ0v) is 16.8. The lowest BCUT2D eigenvalue weighted by Crippen LogP contribution is -2.47. The molecule has 0 atom stereocenters. The van der Waals surface area contributed by atoms with E-state index in [2.05, 4.69) is 6.92 Å². The Morgan fingerprint density at radius 1 is 1.04 bits per heavy atom. The number of carbonyl (C=O) groups excluding carboxylic acids is 2. The first-order valence-electron chi connectivity index (χ1n) is 10.3. The highest BCUT2D eigenvalue weighted by Crippen LogP contribution is 2.36. The number of anilines is 1. The second-order valence-corrected chi connectivity index (χ2v) is 8.32. The molecule has 0 bridgehead atoms. The summed E-state index contributed by atoms with van der Waals surface area (Å²) < 4.78 is 4.90. The summed E-state index contributed by atoms with van der Waals surface area (Å²) in [5.74, 6) is 0.0204. The lowest BCUT2D eigenvalue weighted by atomic mass is 9.81. The summed E-state index contributed by atoms with van der Waals surface area (Å²) in [5, 5.41) is 19.8. The average Bonchev–Trinajstić information content (AvgIpc) is 2.70. The molecule has 0 aromatic heterocycles. The third-order valence-corrected chi connectivity index (χ3v) is 6.28. The molecule has 6 heteroatoms. The van der Waals surface area contributed by atoms with Crippen molar-refractivity contribution in [1.29, 1.82) is 0 Å². The number of phenolic OH excluding ortho intramolecular Hbond substituents is 1. The van der Waals surface area contributed by atoms with Gasteiger partial charge in [-0.25, -0.2) is 4.79 Å². The van der Waals surface area contributed by atoms with Crippen LogP contribution >= 0.6 is 0 Å². The fourth-order valence-electron chi connectivity index (χ4n) is 4.52. The summed E-state index contributed by atoms with van der Waals surface area (Å²) in [6, 6.07) is 4.43. The summed E-state index contributed by atoms with van der Waals surface area (Å²) in [6.45, 7) is 2.22. The molecular formula is C22H31NO5.